The van der Waals surface area contributed by atoms with Crippen LogP contribution in [0.15, 0.2) is 0 Å². The van der Waals surface area contributed by atoms with Crippen LogP contribution >= 0.6 is 0 Å². The molecule has 0 aliphatic carbocycles. The van der Waals surface area contributed by atoms with Crippen LogP contribution in [0.25, 0.3) is 0 Å². The molecule has 0 bridgehead atoms. The largest absolute Gasteiger partial charge is 0.379 e. The highest BCUT2D eigenvalue weighted by molar-refractivity contribution is 4.46. The maximum atomic E-state index is 5.11. The highest BCUT2D eigenvalue weighted by Gasteiger charge is 1.97. The molecule has 0 N–H and O–H groups in total. The Bertz CT molecular complexity index is 54.9. The molecular formula is C7H15O2. The maximum absolute atomic E-state index is 5.11. The molecule has 0 saturated carbocycles. The van der Waals surface area contributed by atoms with E-state index < -0.39 is 0 Å². The third-order valence-electron chi connectivity index (χ3n) is 0.959. The Morgan fingerprint density at radius 1 is 1.56 bits per heavy atom. The third-order valence-corrected chi connectivity index (χ3v) is 0.959. The summed E-state index contributed by atoms with van der Waals surface area (Å²) in [5.74, 6) is 0. The van der Waals surface area contributed by atoms with Crippen LogP contribution in [0.5, 0.6) is 0 Å². The third kappa shape index (κ3) is 5.80. The Kier molecular flexibility index (Phi) is 5.99. The lowest BCUT2D eigenvalue weighted by atomic mass is 10.4. The molecule has 0 spiro atoms. The van der Waals surface area contributed by atoms with E-state index in [0.717, 1.165) is 6.61 Å². The lowest BCUT2D eigenvalue weighted by Crippen LogP contribution is -2.15. The molecule has 1 unspecified atom stereocenters. The predicted octanol–water partition coefficient (Wildman–Crippen LogP) is 1.26. The summed E-state index contributed by atoms with van der Waals surface area (Å²) in [6.07, 6.45) is 0.183. The van der Waals surface area contributed by atoms with Crippen LogP contribution in [0.4, 0.5) is 0 Å². The van der Waals surface area contributed by atoms with Gasteiger partial charge in [0.05, 0.1) is 12.7 Å². The molecule has 2 nitrogen and oxygen atoms in total. The van der Waals surface area contributed by atoms with Gasteiger partial charge in [-0.05, 0) is 20.8 Å². The number of ether oxygens (including phenoxy) is 2. The Morgan fingerprint density at radius 3 is 2.67 bits per heavy atom. The molecule has 1 atom stereocenters. The van der Waals surface area contributed by atoms with Gasteiger partial charge in [0, 0.05) is 13.2 Å². The highest BCUT2D eigenvalue weighted by atomic mass is 16.5. The fourth-order valence-corrected chi connectivity index (χ4v) is 0.533. The standard InChI is InChI=1S/C7H15O2/c1-4-8-6-7(3)9-5-2/h7H,2,4-6H2,1,3H3. The summed E-state index contributed by atoms with van der Waals surface area (Å²) < 4.78 is 10.2. The molecule has 0 amide bonds. The Labute approximate surface area is 57.2 Å². The number of hydrogen-bond donors (Lipinski definition) is 0. The summed E-state index contributed by atoms with van der Waals surface area (Å²) in [4.78, 5) is 0. The van der Waals surface area contributed by atoms with Gasteiger partial charge in [-0.25, -0.2) is 0 Å². The van der Waals surface area contributed by atoms with Crippen LogP contribution in [0.3, 0.4) is 0 Å². The van der Waals surface area contributed by atoms with Gasteiger partial charge in [0.15, 0.2) is 0 Å². The molecule has 0 saturated heterocycles. The van der Waals surface area contributed by atoms with Gasteiger partial charge in [-0.3, -0.25) is 0 Å². The van der Waals surface area contributed by atoms with Crippen molar-refractivity contribution in [2.75, 3.05) is 19.8 Å². The average molecular weight is 131 g/mol. The van der Waals surface area contributed by atoms with E-state index in [2.05, 4.69) is 6.92 Å². The minimum atomic E-state index is 0.183. The van der Waals surface area contributed by atoms with Crippen molar-refractivity contribution in [1.82, 2.24) is 0 Å². The Hall–Kier alpha value is -0.0800. The van der Waals surface area contributed by atoms with E-state index in [1.54, 1.807) is 0 Å². The van der Waals surface area contributed by atoms with Crippen molar-refractivity contribution in [3.05, 3.63) is 6.92 Å². The summed E-state index contributed by atoms with van der Waals surface area (Å²) in [5.41, 5.74) is 0. The van der Waals surface area contributed by atoms with Gasteiger partial charge in [0.1, 0.15) is 0 Å². The lowest BCUT2D eigenvalue weighted by molar-refractivity contribution is 0.00777. The lowest BCUT2D eigenvalue weighted by Gasteiger charge is -2.09. The minimum Gasteiger partial charge on any atom is -0.379 e. The zero-order valence-corrected chi connectivity index (χ0v) is 6.22. The summed E-state index contributed by atoms with van der Waals surface area (Å²) in [6, 6.07) is 0. The topological polar surface area (TPSA) is 18.5 Å². The monoisotopic (exact) mass is 131 g/mol. The molecule has 1 radical (unpaired) electrons. The van der Waals surface area contributed by atoms with Crippen LogP contribution in [-0.2, 0) is 9.47 Å². The molecular weight excluding hydrogens is 116 g/mol. The minimum absolute atomic E-state index is 0.183. The van der Waals surface area contributed by atoms with Crippen molar-refractivity contribution < 1.29 is 9.47 Å². The summed E-state index contributed by atoms with van der Waals surface area (Å²) in [5, 5.41) is 0. The van der Waals surface area contributed by atoms with E-state index in [9.17, 15) is 0 Å². The molecule has 0 aliphatic rings. The smallest absolute Gasteiger partial charge is 0.0780 e. The second kappa shape index (κ2) is 6.05. The predicted molar refractivity (Wildman–Crippen MR) is 37.3 cm³/mol. The normalized spacial score (nSPS) is 13.7. The Morgan fingerprint density at radius 2 is 2.22 bits per heavy atom. The molecule has 0 heterocycles. The van der Waals surface area contributed by atoms with Gasteiger partial charge in [-0.15, -0.1) is 0 Å². The zero-order chi connectivity index (χ0) is 7.11. The van der Waals surface area contributed by atoms with Gasteiger partial charge in [0.2, 0.25) is 0 Å². The molecule has 0 aliphatic heterocycles. The number of hydrogen-bond acceptors (Lipinski definition) is 2. The molecule has 0 fully saturated rings. The Balaban J connectivity index is 2.95. The van der Waals surface area contributed by atoms with E-state index in [-0.39, 0.29) is 6.10 Å². The number of rotatable bonds is 5. The summed E-state index contributed by atoms with van der Waals surface area (Å²) in [6.45, 7) is 9.45. The van der Waals surface area contributed by atoms with Crippen molar-refractivity contribution in [3.63, 3.8) is 0 Å². The molecule has 55 valence electrons. The zero-order valence-electron chi connectivity index (χ0n) is 6.22. The first-order valence-electron chi connectivity index (χ1n) is 3.29. The molecule has 2 heteroatoms. The van der Waals surface area contributed by atoms with E-state index in [1.807, 2.05) is 13.8 Å². The van der Waals surface area contributed by atoms with Crippen molar-refractivity contribution in [2.45, 2.75) is 20.0 Å². The second-order valence-corrected chi connectivity index (χ2v) is 1.84. The van der Waals surface area contributed by atoms with Crippen molar-refractivity contribution in [3.8, 4) is 0 Å². The van der Waals surface area contributed by atoms with Crippen molar-refractivity contribution in [2.24, 2.45) is 0 Å². The maximum Gasteiger partial charge on any atom is 0.0780 e. The average Bonchev–Trinajstić information content (AvgIpc) is 1.85. The van der Waals surface area contributed by atoms with Crippen molar-refractivity contribution >= 4 is 0 Å². The molecule has 0 aromatic rings. The van der Waals surface area contributed by atoms with Crippen molar-refractivity contribution in [1.29, 1.82) is 0 Å². The summed E-state index contributed by atoms with van der Waals surface area (Å²) in [7, 11) is 0. The van der Waals surface area contributed by atoms with Gasteiger partial charge in [-0.1, -0.05) is 0 Å². The SMILES string of the molecule is [CH2]COC(C)COCC. The van der Waals surface area contributed by atoms with Gasteiger partial charge in [-0.2, -0.15) is 0 Å². The van der Waals surface area contributed by atoms with Gasteiger partial charge in [0.25, 0.3) is 0 Å². The fourth-order valence-electron chi connectivity index (χ4n) is 0.533. The first kappa shape index (κ1) is 8.92. The van der Waals surface area contributed by atoms with Crippen LogP contribution in [0.1, 0.15) is 13.8 Å². The van der Waals surface area contributed by atoms with Gasteiger partial charge < -0.3 is 9.47 Å². The van der Waals surface area contributed by atoms with E-state index in [1.165, 1.54) is 0 Å². The van der Waals surface area contributed by atoms with Gasteiger partial charge >= 0.3 is 0 Å². The van der Waals surface area contributed by atoms with Crippen LogP contribution in [0, 0.1) is 6.92 Å². The highest BCUT2D eigenvalue weighted by Crippen LogP contribution is 1.89. The van der Waals surface area contributed by atoms with Crippen LogP contribution in [0.2, 0.25) is 0 Å². The van der Waals surface area contributed by atoms with E-state index in [0.29, 0.717) is 13.2 Å². The second-order valence-electron chi connectivity index (χ2n) is 1.84. The fraction of sp³-hybridized carbons (Fsp3) is 0.857. The van der Waals surface area contributed by atoms with Crippen LogP contribution in [-0.4, -0.2) is 25.9 Å². The molecule has 0 aromatic heterocycles. The first-order chi connectivity index (χ1) is 4.31. The molecule has 0 rings (SSSR count). The quantitative estimate of drug-likeness (QED) is 0.559. The molecule has 0 aromatic carbocycles. The van der Waals surface area contributed by atoms with E-state index in [4.69, 9.17) is 9.47 Å². The summed E-state index contributed by atoms with van der Waals surface area (Å²) >= 11 is 0. The van der Waals surface area contributed by atoms with E-state index >= 15 is 0 Å². The van der Waals surface area contributed by atoms with Crippen LogP contribution < -0.4 is 0 Å². The molecule has 9 heavy (non-hydrogen) atoms. The first-order valence-corrected chi connectivity index (χ1v) is 3.29.